The molecule has 0 spiro atoms. The molecule has 0 saturated heterocycles. The van der Waals surface area contributed by atoms with Crippen LogP contribution in [0.25, 0.3) is 54.6 Å². The van der Waals surface area contributed by atoms with Gasteiger partial charge in [0, 0.05) is 10.9 Å². The Balaban J connectivity index is 1.38. The molecule has 0 radical (unpaired) electrons. The summed E-state index contributed by atoms with van der Waals surface area (Å²) >= 11 is 0. The zero-order valence-corrected chi connectivity index (χ0v) is 24.3. The average molecular weight is 591 g/mol. The van der Waals surface area contributed by atoms with Crippen molar-refractivity contribution in [2.45, 2.75) is 0 Å². The molecule has 1 aromatic heterocycles. The zero-order chi connectivity index (χ0) is 31.4. The smallest absolute Gasteiger partial charge is 0.268 e. The fourth-order valence-corrected chi connectivity index (χ4v) is 6.58. The van der Waals surface area contributed by atoms with E-state index in [1.165, 1.54) is 4.90 Å². The van der Waals surface area contributed by atoms with E-state index in [-0.39, 0.29) is 11.1 Å². The number of aromatic nitrogens is 1. The number of carbonyl (C=O) groups excluding carboxylic acids is 2. The number of carbonyl (C=O) groups is 2. The first-order chi connectivity index (χ1) is 22.6. The van der Waals surface area contributed by atoms with Gasteiger partial charge < -0.3 is 4.57 Å². The molecule has 0 atom stereocenters. The van der Waals surface area contributed by atoms with Gasteiger partial charge in [-0.1, -0.05) is 103 Å². The van der Waals surface area contributed by atoms with Crippen molar-refractivity contribution < 1.29 is 9.59 Å². The molecule has 7 aromatic rings. The number of hydrogen-bond donors (Lipinski definition) is 0. The van der Waals surface area contributed by atoms with Crippen molar-refractivity contribution in [1.29, 1.82) is 5.26 Å². The van der Waals surface area contributed by atoms with E-state index in [0.717, 1.165) is 33.0 Å². The van der Waals surface area contributed by atoms with E-state index >= 15 is 0 Å². The highest BCUT2D eigenvalue weighted by molar-refractivity contribution is 6.36. The minimum atomic E-state index is -0.468. The summed E-state index contributed by atoms with van der Waals surface area (Å²) in [6, 6.07) is 43.8. The average Bonchev–Trinajstić information content (AvgIpc) is 3.59. The fraction of sp³-hybridized carbons (Fsp3) is 0. The highest BCUT2D eigenvalue weighted by Gasteiger charge is 2.40. The van der Waals surface area contributed by atoms with E-state index in [0.29, 0.717) is 33.7 Å². The van der Waals surface area contributed by atoms with Crippen LogP contribution in [0.2, 0.25) is 0 Å². The second-order valence-electron chi connectivity index (χ2n) is 11.0. The Kier molecular flexibility index (Phi) is 6.10. The van der Waals surface area contributed by atoms with Gasteiger partial charge in [0.1, 0.15) is 6.07 Å². The summed E-state index contributed by atoms with van der Waals surface area (Å²) in [4.78, 5) is 33.9. The van der Waals surface area contributed by atoms with Crippen molar-refractivity contribution >= 4 is 45.0 Å². The molecule has 1 aliphatic heterocycles. The molecule has 46 heavy (non-hydrogen) atoms. The lowest BCUT2D eigenvalue weighted by Gasteiger charge is -2.20. The predicted octanol–water partition coefficient (Wildman–Crippen LogP) is 9.34. The first kappa shape index (κ1) is 26.8. The molecule has 2 amide bonds. The Bertz CT molecular complexity index is 2410. The van der Waals surface area contributed by atoms with Crippen LogP contribution < -0.4 is 4.90 Å². The van der Waals surface area contributed by atoms with Crippen LogP contribution >= 0.6 is 0 Å². The van der Waals surface area contributed by atoms with Gasteiger partial charge in [0.05, 0.1) is 45.7 Å². The first-order valence-electron chi connectivity index (χ1n) is 14.7. The topological polar surface area (TPSA) is 70.5 Å². The molecule has 214 valence electrons. The van der Waals surface area contributed by atoms with Crippen LogP contribution in [0, 0.1) is 17.9 Å². The molecule has 0 aliphatic carbocycles. The van der Waals surface area contributed by atoms with Gasteiger partial charge in [-0.15, -0.1) is 0 Å². The molecule has 2 heterocycles. The normalized spacial score (nSPS) is 12.3. The minimum Gasteiger partial charge on any atom is -0.317 e. The van der Waals surface area contributed by atoms with Gasteiger partial charge in [-0.25, -0.2) is 9.74 Å². The molecule has 6 nitrogen and oxygen atoms in total. The molecule has 0 N–H and O–H groups in total. The fourth-order valence-electron chi connectivity index (χ4n) is 6.58. The Labute approximate surface area is 264 Å². The predicted molar refractivity (Wildman–Crippen MR) is 180 cm³/mol. The number of para-hydroxylation sites is 2. The molecule has 6 aromatic carbocycles. The lowest BCUT2D eigenvalue weighted by Crippen LogP contribution is -2.30. The van der Waals surface area contributed by atoms with Gasteiger partial charge in [0.15, 0.2) is 0 Å². The van der Waals surface area contributed by atoms with Crippen molar-refractivity contribution in [2.75, 3.05) is 4.90 Å². The number of nitriles is 1. The van der Waals surface area contributed by atoms with E-state index in [2.05, 4.69) is 10.9 Å². The number of rotatable bonds is 4. The third kappa shape index (κ3) is 3.88. The Hall–Kier alpha value is -6.76. The third-order valence-corrected chi connectivity index (χ3v) is 8.59. The quantitative estimate of drug-likeness (QED) is 0.151. The van der Waals surface area contributed by atoms with Gasteiger partial charge in [0.2, 0.25) is 5.69 Å². The molecule has 8 rings (SSSR count). The molecule has 1 aliphatic rings. The number of hydrogen-bond acceptors (Lipinski definition) is 3. The second-order valence-corrected chi connectivity index (χ2v) is 11.0. The molecule has 6 heteroatoms. The number of anilines is 1. The SMILES string of the molecule is [C-]#[N+]c1cccc2c3cccc(C#N)c3n(-c3cccc4c3C(=O)N(c3ccc(-c5ccccc5)cc3-c3ccccc3)C4=O)c12. The lowest BCUT2D eigenvalue weighted by molar-refractivity contribution is 0.0926. The molecule has 0 unspecified atom stereocenters. The summed E-state index contributed by atoms with van der Waals surface area (Å²) in [5.41, 5.74) is 6.96. The van der Waals surface area contributed by atoms with Crippen LogP contribution in [-0.4, -0.2) is 16.4 Å². The summed E-state index contributed by atoms with van der Waals surface area (Å²) < 4.78 is 1.81. The summed E-state index contributed by atoms with van der Waals surface area (Å²) in [6.45, 7) is 7.93. The van der Waals surface area contributed by atoms with Crippen molar-refractivity contribution in [3.8, 4) is 34.0 Å². The molecule has 0 bridgehead atoms. The van der Waals surface area contributed by atoms with E-state index < -0.39 is 11.8 Å². The number of imide groups is 1. The van der Waals surface area contributed by atoms with Gasteiger partial charge in [-0.2, -0.15) is 5.26 Å². The summed E-state index contributed by atoms with van der Waals surface area (Å²) in [7, 11) is 0. The Morgan fingerprint density at radius 2 is 1.26 bits per heavy atom. The minimum absolute atomic E-state index is 0.227. The molecular formula is C40H22N4O2. The zero-order valence-electron chi connectivity index (χ0n) is 24.3. The Morgan fingerprint density at radius 3 is 1.98 bits per heavy atom. The van der Waals surface area contributed by atoms with Gasteiger partial charge in [0.25, 0.3) is 11.8 Å². The van der Waals surface area contributed by atoms with Crippen LogP contribution in [0.5, 0.6) is 0 Å². The van der Waals surface area contributed by atoms with E-state index in [1.54, 1.807) is 34.9 Å². The molecule has 0 saturated carbocycles. The number of amides is 2. The van der Waals surface area contributed by atoms with Crippen molar-refractivity contribution in [3.05, 3.63) is 162 Å². The lowest BCUT2D eigenvalue weighted by atomic mass is 9.97. The monoisotopic (exact) mass is 590 g/mol. The number of nitrogens with zero attached hydrogens (tertiary/aromatic N) is 4. The largest absolute Gasteiger partial charge is 0.317 e. The summed E-state index contributed by atoms with van der Waals surface area (Å²) in [5, 5.41) is 11.7. The summed E-state index contributed by atoms with van der Waals surface area (Å²) in [5.74, 6) is -0.900. The second kappa shape index (κ2) is 10.4. The van der Waals surface area contributed by atoms with Gasteiger partial charge >= 0.3 is 0 Å². The van der Waals surface area contributed by atoms with E-state index in [9.17, 15) is 14.9 Å². The van der Waals surface area contributed by atoms with Crippen LogP contribution in [0.4, 0.5) is 11.4 Å². The van der Waals surface area contributed by atoms with Crippen LogP contribution in [0.1, 0.15) is 26.3 Å². The van der Waals surface area contributed by atoms with Gasteiger partial charge in [-0.3, -0.25) is 9.59 Å². The highest BCUT2D eigenvalue weighted by atomic mass is 16.2. The maximum Gasteiger partial charge on any atom is 0.268 e. The van der Waals surface area contributed by atoms with Crippen LogP contribution in [0.3, 0.4) is 0 Å². The van der Waals surface area contributed by atoms with E-state index in [4.69, 9.17) is 6.57 Å². The van der Waals surface area contributed by atoms with Crippen molar-refractivity contribution in [3.63, 3.8) is 0 Å². The van der Waals surface area contributed by atoms with E-state index in [1.807, 2.05) is 103 Å². The standard InChI is InChI=1S/C40H22N4O2/c1-42-33-19-9-17-30-29-16-8-15-28(24-41)37(29)43(38(30)33)35-20-10-18-31-36(35)40(46)44(39(31)45)34-22-21-27(25-11-4-2-5-12-25)23-32(34)26-13-6-3-7-14-26/h2-23H. The maximum absolute atomic E-state index is 14.6. The number of fused-ring (bicyclic) bond motifs is 4. The molecular weight excluding hydrogens is 568 g/mol. The number of benzene rings is 6. The first-order valence-corrected chi connectivity index (χ1v) is 14.7. The summed E-state index contributed by atoms with van der Waals surface area (Å²) in [6.07, 6.45) is 0. The van der Waals surface area contributed by atoms with Gasteiger partial charge in [-0.05, 0) is 52.4 Å². The Morgan fingerprint density at radius 1 is 0.587 bits per heavy atom. The third-order valence-electron chi connectivity index (χ3n) is 8.59. The van der Waals surface area contributed by atoms with Crippen molar-refractivity contribution in [2.24, 2.45) is 0 Å². The maximum atomic E-state index is 14.6. The highest BCUT2D eigenvalue weighted by Crippen LogP contribution is 2.43. The molecule has 0 fully saturated rings. The van der Waals surface area contributed by atoms with Crippen LogP contribution in [-0.2, 0) is 0 Å². The van der Waals surface area contributed by atoms with Crippen LogP contribution in [0.15, 0.2) is 133 Å². The van der Waals surface area contributed by atoms with Crippen molar-refractivity contribution in [1.82, 2.24) is 4.57 Å².